The summed E-state index contributed by atoms with van der Waals surface area (Å²) >= 11 is 5.79. The van der Waals surface area contributed by atoms with Crippen molar-refractivity contribution in [3.05, 3.63) is 29.3 Å². The monoisotopic (exact) mass is 278 g/mol. The minimum absolute atomic E-state index is 0.0313. The number of halogens is 1. The maximum Gasteiger partial charge on any atom is 0.242 e. The van der Waals surface area contributed by atoms with E-state index in [0.717, 1.165) is 25.2 Å². The third kappa shape index (κ3) is 2.05. The molecule has 2 aliphatic heterocycles. The van der Waals surface area contributed by atoms with E-state index in [2.05, 4.69) is 37.1 Å². The van der Waals surface area contributed by atoms with Crippen molar-refractivity contribution >= 4 is 23.2 Å². The number of aryl methyl sites for hydroxylation is 1. The molecular weight excluding hydrogens is 260 g/mol. The van der Waals surface area contributed by atoms with E-state index in [1.165, 1.54) is 11.1 Å². The number of rotatable bonds is 1. The van der Waals surface area contributed by atoms with E-state index in [0.29, 0.717) is 12.0 Å². The smallest absolute Gasteiger partial charge is 0.242 e. The standard InChI is InChI=1S/C15H19ClN2O/c1-10-3-4-13-11(7-10)12-9-17(2)6-5-14(12)18(13)15(19)8-16/h3-4,7,12,14H,5-6,8-9H2,1-2H3/t12-,14+/m0/s1. The molecule has 3 rings (SSSR count). The Morgan fingerprint density at radius 1 is 1.47 bits per heavy atom. The quantitative estimate of drug-likeness (QED) is 0.737. The van der Waals surface area contributed by atoms with Gasteiger partial charge in [0.15, 0.2) is 0 Å². The Morgan fingerprint density at radius 2 is 2.26 bits per heavy atom. The molecule has 1 aromatic rings. The lowest BCUT2D eigenvalue weighted by atomic mass is 9.89. The van der Waals surface area contributed by atoms with Crippen LogP contribution in [0.15, 0.2) is 18.2 Å². The predicted octanol–water partition coefficient (Wildman–Crippen LogP) is 2.37. The molecule has 19 heavy (non-hydrogen) atoms. The van der Waals surface area contributed by atoms with Gasteiger partial charge in [-0.1, -0.05) is 17.7 Å². The number of alkyl halides is 1. The van der Waals surface area contributed by atoms with Crippen LogP contribution < -0.4 is 4.90 Å². The summed E-state index contributed by atoms with van der Waals surface area (Å²) in [7, 11) is 2.15. The van der Waals surface area contributed by atoms with E-state index >= 15 is 0 Å². The zero-order valence-corrected chi connectivity index (χ0v) is 12.2. The molecule has 0 bridgehead atoms. The molecule has 0 N–H and O–H groups in total. The molecule has 102 valence electrons. The summed E-state index contributed by atoms with van der Waals surface area (Å²) in [4.78, 5) is 16.5. The van der Waals surface area contributed by atoms with E-state index < -0.39 is 0 Å². The summed E-state index contributed by atoms with van der Waals surface area (Å²) in [5.41, 5.74) is 3.64. The molecule has 0 unspecified atom stereocenters. The highest BCUT2D eigenvalue weighted by Gasteiger charge is 2.43. The minimum atomic E-state index is 0.0313. The van der Waals surface area contributed by atoms with Crippen molar-refractivity contribution in [2.75, 3.05) is 30.9 Å². The molecule has 2 heterocycles. The largest absolute Gasteiger partial charge is 0.307 e. The van der Waals surface area contributed by atoms with Crippen molar-refractivity contribution in [3.8, 4) is 0 Å². The van der Waals surface area contributed by atoms with Crippen LogP contribution in [0.1, 0.15) is 23.5 Å². The second kappa shape index (κ2) is 4.80. The fraction of sp³-hybridized carbons (Fsp3) is 0.533. The Balaban J connectivity index is 2.06. The summed E-state index contributed by atoms with van der Waals surface area (Å²) in [6.45, 7) is 4.17. The zero-order valence-electron chi connectivity index (χ0n) is 11.4. The molecule has 1 amide bonds. The van der Waals surface area contributed by atoms with Crippen molar-refractivity contribution in [3.63, 3.8) is 0 Å². The number of carbonyl (C=O) groups excluding carboxylic acids is 1. The van der Waals surface area contributed by atoms with Gasteiger partial charge in [-0.15, -0.1) is 11.6 Å². The summed E-state index contributed by atoms with van der Waals surface area (Å²) in [6, 6.07) is 6.68. The highest BCUT2D eigenvalue weighted by Crippen LogP contribution is 2.44. The molecule has 0 spiro atoms. The van der Waals surface area contributed by atoms with Gasteiger partial charge in [-0.25, -0.2) is 0 Å². The molecule has 0 aliphatic carbocycles. The Bertz CT molecular complexity index is 517. The summed E-state index contributed by atoms with van der Waals surface area (Å²) in [5.74, 6) is 0.525. The first-order chi connectivity index (χ1) is 9.11. The number of hydrogen-bond acceptors (Lipinski definition) is 2. The zero-order chi connectivity index (χ0) is 13.6. The van der Waals surface area contributed by atoms with Gasteiger partial charge in [-0.2, -0.15) is 0 Å². The number of carbonyl (C=O) groups is 1. The number of fused-ring (bicyclic) bond motifs is 3. The normalized spacial score (nSPS) is 26.2. The van der Waals surface area contributed by atoms with Crippen LogP contribution in [-0.4, -0.2) is 42.9 Å². The van der Waals surface area contributed by atoms with E-state index in [1.807, 2.05) is 4.90 Å². The first-order valence-corrected chi connectivity index (χ1v) is 7.32. The summed E-state index contributed by atoms with van der Waals surface area (Å²) < 4.78 is 0. The van der Waals surface area contributed by atoms with Crippen molar-refractivity contribution in [2.45, 2.75) is 25.3 Å². The average molecular weight is 279 g/mol. The maximum atomic E-state index is 12.2. The summed E-state index contributed by atoms with van der Waals surface area (Å²) in [6.07, 6.45) is 1.03. The highest BCUT2D eigenvalue weighted by molar-refractivity contribution is 6.29. The van der Waals surface area contributed by atoms with Gasteiger partial charge in [0.05, 0.1) is 0 Å². The van der Waals surface area contributed by atoms with Crippen LogP contribution >= 0.6 is 11.6 Å². The van der Waals surface area contributed by atoms with Gasteiger partial charge < -0.3 is 9.80 Å². The Morgan fingerprint density at radius 3 is 3.00 bits per heavy atom. The number of hydrogen-bond donors (Lipinski definition) is 0. The van der Waals surface area contributed by atoms with Crippen LogP contribution in [0, 0.1) is 6.92 Å². The SMILES string of the molecule is Cc1ccc2c(c1)[C@@H]1CN(C)CC[C@H]1N2C(=O)CCl. The molecule has 3 nitrogen and oxygen atoms in total. The van der Waals surface area contributed by atoms with E-state index in [-0.39, 0.29) is 11.8 Å². The van der Waals surface area contributed by atoms with Crippen LogP contribution in [0.2, 0.25) is 0 Å². The fourth-order valence-electron chi connectivity index (χ4n) is 3.47. The molecule has 2 aliphatic rings. The van der Waals surface area contributed by atoms with Gasteiger partial charge in [0.1, 0.15) is 5.88 Å². The van der Waals surface area contributed by atoms with Gasteiger partial charge in [0.25, 0.3) is 0 Å². The second-order valence-electron chi connectivity index (χ2n) is 5.68. The molecule has 1 aromatic carbocycles. The molecule has 1 fully saturated rings. The summed E-state index contributed by atoms with van der Waals surface area (Å²) in [5, 5.41) is 0. The van der Waals surface area contributed by atoms with E-state index in [9.17, 15) is 4.79 Å². The number of piperidine rings is 1. The van der Waals surface area contributed by atoms with Crippen LogP contribution in [0.3, 0.4) is 0 Å². The topological polar surface area (TPSA) is 23.6 Å². The number of nitrogens with zero attached hydrogens (tertiary/aromatic N) is 2. The van der Waals surface area contributed by atoms with Crippen molar-refractivity contribution in [1.82, 2.24) is 4.90 Å². The van der Waals surface area contributed by atoms with Crippen LogP contribution in [-0.2, 0) is 4.79 Å². The number of likely N-dealkylation sites (tertiary alicyclic amines) is 1. The lowest BCUT2D eigenvalue weighted by molar-refractivity contribution is -0.116. The molecule has 0 saturated carbocycles. The average Bonchev–Trinajstić information content (AvgIpc) is 2.71. The van der Waals surface area contributed by atoms with Crippen LogP contribution in [0.4, 0.5) is 5.69 Å². The van der Waals surface area contributed by atoms with E-state index in [1.54, 1.807) is 0 Å². The lowest BCUT2D eigenvalue weighted by Gasteiger charge is -2.36. The van der Waals surface area contributed by atoms with Gasteiger partial charge >= 0.3 is 0 Å². The van der Waals surface area contributed by atoms with Gasteiger partial charge in [0.2, 0.25) is 5.91 Å². The van der Waals surface area contributed by atoms with Crippen molar-refractivity contribution in [1.29, 1.82) is 0 Å². The number of amides is 1. The molecule has 1 saturated heterocycles. The van der Waals surface area contributed by atoms with Gasteiger partial charge in [-0.3, -0.25) is 4.79 Å². The molecule has 2 atom stereocenters. The Labute approximate surface area is 119 Å². The minimum Gasteiger partial charge on any atom is -0.307 e. The number of benzene rings is 1. The van der Waals surface area contributed by atoms with Crippen molar-refractivity contribution < 1.29 is 4.79 Å². The molecular formula is C15H19ClN2O. The lowest BCUT2D eigenvalue weighted by Crippen LogP contribution is -2.47. The highest BCUT2D eigenvalue weighted by atomic mass is 35.5. The molecule has 0 radical (unpaired) electrons. The first-order valence-electron chi connectivity index (χ1n) is 6.79. The van der Waals surface area contributed by atoms with Crippen LogP contribution in [0.5, 0.6) is 0 Å². The van der Waals surface area contributed by atoms with Gasteiger partial charge in [-0.05, 0) is 38.6 Å². The number of anilines is 1. The van der Waals surface area contributed by atoms with Gasteiger partial charge in [0, 0.05) is 24.2 Å². The fourth-order valence-corrected chi connectivity index (χ4v) is 3.60. The van der Waals surface area contributed by atoms with Crippen molar-refractivity contribution in [2.24, 2.45) is 0 Å². The number of likely N-dealkylation sites (N-methyl/N-ethyl adjacent to an activating group) is 1. The maximum absolute atomic E-state index is 12.2. The second-order valence-corrected chi connectivity index (χ2v) is 5.95. The Kier molecular flexibility index (Phi) is 3.27. The molecule has 4 heteroatoms. The Hall–Kier alpha value is -1.06. The van der Waals surface area contributed by atoms with E-state index in [4.69, 9.17) is 11.6 Å². The third-order valence-electron chi connectivity index (χ3n) is 4.34. The molecule has 0 aromatic heterocycles. The third-order valence-corrected chi connectivity index (χ3v) is 4.56. The van der Waals surface area contributed by atoms with Crippen LogP contribution in [0.25, 0.3) is 0 Å². The predicted molar refractivity (Wildman–Crippen MR) is 78.0 cm³/mol. The first kappa shape index (κ1) is 12.9.